The molecule has 0 radical (unpaired) electrons. The normalized spacial score (nSPS) is 18.9. The van der Waals surface area contributed by atoms with E-state index in [0.29, 0.717) is 5.69 Å². The quantitative estimate of drug-likeness (QED) is 0.641. The number of ether oxygens (including phenoxy) is 1. The zero-order valence-electron chi connectivity index (χ0n) is 14.7. The molecule has 1 aromatic carbocycles. The van der Waals surface area contributed by atoms with Crippen LogP contribution in [-0.2, 0) is 19.1 Å². The molecule has 7 nitrogen and oxygen atoms in total. The van der Waals surface area contributed by atoms with Gasteiger partial charge in [0.2, 0.25) is 11.8 Å². The minimum Gasteiger partial charge on any atom is -0.449 e. The van der Waals surface area contributed by atoms with E-state index in [1.165, 1.54) is 19.1 Å². The first-order valence-electron chi connectivity index (χ1n) is 8.93. The standard InChI is InChI=1S/C19H22N2O5/c1-12(18(24)20-14-6-2-3-7-14)26-19(25)13-5-4-8-15(11-13)21-16(22)9-10-17(21)23/h4-5,8,11-12,14H,2-3,6-7,9-10H2,1H3,(H,20,24)/t12-/m1/s1. The molecule has 2 fully saturated rings. The van der Waals surface area contributed by atoms with Crippen LogP contribution in [-0.4, -0.2) is 35.8 Å². The van der Waals surface area contributed by atoms with E-state index in [2.05, 4.69) is 5.32 Å². The van der Waals surface area contributed by atoms with Gasteiger partial charge in [0.25, 0.3) is 5.91 Å². The molecule has 1 saturated heterocycles. The van der Waals surface area contributed by atoms with Crippen molar-refractivity contribution in [2.75, 3.05) is 4.90 Å². The highest BCUT2D eigenvalue weighted by atomic mass is 16.5. The predicted molar refractivity (Wildman–Crippen MR) is 93.4 cm³/mol. The molecule has 138 valence electrons. The molecule has 1 N–H and O–H groups in total. The van der Waals surface area contributed by atoms with Crippen LogP contribution in [0.2, 0.25) is 0 Å². The highest BCUT2D eigenvalue weighted by molar-refractivity contribution is 6.20. The summed E-state index contributed by atoms with van der Waals surface area (Å²) in [7, 11) is 0. The summed E-state index contributed by atoms with van der Waals surface area (Å²) >= 11 is 0. The average molecular weight is 358 g/mol. The van der Waals surface area contributed by atoms with Crippen molar-refractivity contribution in [3.63, 3.8) is 0 Å². The lowest BCUT2D eigenvalue weighted by atomic mass is 10.2. The van der Waals surface area contributed by atoms with Gasteiger partial charge in [0, 0.05) is 18.9 Å². The lowest BCUT2D eigenvalue weighted by Crippen LogP contribution is -2.40. The molecule has 1 aromatic rings. The van der Waals surface area contributed by atoms with E-state index in [-0.39, 0.29) is 42.2 Å². The summed E-state index contributed by atoms with van der Waals surface area (Å²) < 4.78 is 5.24. The van der Waals surface area contributed by atoms with Crippen LogP contribution in [0.3, 0.4) is 0 Å². The third-order valence-corrected chi connectivity index (χ3v) is 4.75. The summed E-state index contributed by atoms with van der Waals surface area (Å²) in [5, 5.41) is 2.89. The Morgan fingerprint density at radius 2 is 1.81 bits per heavy atom. The van der Waals surface area contributed by atoms with E-state index in [9.17, 15) is 19.2 Å². The van der Waals surface area contributed by atoms with Crippen LogP contribution in [0.15, 0.2) is 24.3 Å². The molecular weight excluding hydrogens is 336 g/mol. The van der Waals surface area contributed by atoms with Gasteiger partial charge in [0.1, 0.15) is 0 Å². The Balaban J connectivity index is 1.64. The molecule has 1 saturated carbocycles. The molecule has 0 unspecified atom stereocenters. The topological polar surface area (TPSA) is 92.8 Å². The van der Waals surface area contributed by atoms with Gasteiger partial charge in [-0.2, -0.15) is 0 Å². The number of amides is 3. The van der Waals surface area contributed by atoms with Crippen LogP contribution in [0.25, 0.3) is 0 Å². The molecule has 7 heteroatoms. The number of carbonyl (C=O) groups excluding carboxylic acids is 4. The number of nitrogens with one attached hydrogen (secondary N) is 1. The van der Waals surface area contributed by atoms with Gasteiger partial charge in [-0.3, -0.25) is 19.3 Å². The maximum atomic E-state index is 12.3. The van der Waals surface area contributed by atoms with Crippen LogP contribution >= 0.6 is 0 Å². The Labute approximate surface area is 151 Å². The van der Waals surface area contributed by atoms with Gasteiger partial charge >= 0.3 is 5.97 Å². The smallest absolute Gasteiger partial charge is 0.338 e. The Kier molecular flexibility index (Phi) is 5.35. The molecule has 0 spiro atoms. The highest BCUT2D eigenvalue weighted by Crippen LogP contribution is 2.24. The largest absolute Gasteiger partial charge is 0.449 e. The zero-order valence-corrected chi connectivity index (χ0v) is 14.7. The summed E-state index contributed by atoms with van der Waals surface area (Å²) in [5.41, 5.74) is 0.533. The number of anilines is 1. The fourth-order valence-corrected chi connectivity index (χ4v) is 3.31. The van der Waals surface area contributed by atoms with Crippen molar-refractivity contribution in [1.29, 1.82) is 0 Å². The Bertz CT molecular complexity index is 723. The van der Waals surface area contributed by atoms with Gasteiger partial charge in [-0.15, -0.1) is 0 Å². The Morgan fingerprint density at radius 1 is 1.15 bits per heavy atom. The van der Waals surface area contributed by atoms with E-state index in [1.54, 1.807) is 12.1 Å². The first-order chi connectivity index (χ1) is 12.5. The van der Waals surface area contributed by atoms with Gasteiger partial charge in [-0.05, 0) is 38.0 Å². The van der Waals surface area contributed by atoms with E-state index >= 15 is 0 Å². The van der Waals surface area contributed by atoms with Gasteiger partial charge < -0.3 is 10.1 Å². The lowest BCUT2D eigenvalue weighted by Gasteiger charge is -2.18. The summed E-state index contributed by atoms with van der Waals surface area (Å²) in [6.45, 7) is 1.53. The minimum atomic E-state index is -0.915. The maximum Gasteiger partial charge on any atom is 0.338 e. The minimum absolute atomic E-state index is 0.152. The Hall–Kier alpha value is -2.70. The van der Waals surface area contributed by atoms with Crippen molar-refractivity contribution >= 4 is 29.4 Å². The molecule has 3 rings (SSSR count). The predicted octanol–water partition coefficient (Wildman–Crippen LogP) is 1.94. The lowest BCUT2D eigenvalue weighted by molar-refractivity contribution is -0.129. The first-order valence-corrected chi connectivity index (χ1v) is 8.93. The van der Waals surface area contributed by atoms with Gasteiger partial charge in [0.15, 0.2) is 6.10 Å². The molecule has 1 aliphatic heterocycles. The molecule has 26 heavy (non-hydrogen) atoms. The molecule has 2 aliphatic rings. The van der Waals surface area contributed by atoms with Crippen LogP contribution in [0.5, 0.6) is 0 Å². The number of rotatable bonds is 5. The number of esters is 1. The SMILES string of the molecule is C[C@@H](OC(=O)c1cccc(N2C(=O)CCC2=O)c1)C(=O)NC1CCCC1. The fourth-order valence-electron chi connectivity index (χ4n) is 3.31. The second-order valence-corrected chi connectivity index (χ2v) is 6.71. The molecule has 1 aliphatic carbocycles. The number of hydrogen-bond acceptors (Lipinski definition) is 5. The van der Waals surface area contributed by atoms with Crippen molar-refractivity contribution in [2.45, 2.75) is 57.6 Å². The number of nitrogens with zero attached hydrogens (tertiary/aromatic N) is 1. The molecular formula is C19H22N2O5. The van der Waals surface area contributed by atoms with Crippen molar-refractivity contribution in [3.05, 3.63) is 29.8 Å². The van der Waals surface area contributed by atoms with Crippen molar-refractivity contribution in [2.24, 2.45) is 0 Å². The average Bonchev–Trinajstić information content (AvgIpc) is 3.24. The maximum absolute atomic E-state index is 12.3. The number of benzene rings is 1. The molecule has 0 aromatic heterocycles. The summed E-state index contributed by atoms with van der Waals surface area (Å²) in [6, 6.07) is 6.28. The van der Waals surface area contributed by atoms with Crippen molar-refractivity contribution < 1.29 is 23.9 Å². The molecule has 1 heterocycles. The molecule has 3 amide bonds. The zero-order chi connectivity index (χ0) is 18.7. The van der Waals surface area contributed by atoms with E-state index in [1.807, 2.05) is 0 Å². The second-order valence-electron chi connectivity index (χ2n) is 6.71. The first kappa shape index (κ1) is 18.1. The monoisotopic (exact) mass is 358 g/mol. The van der Waals surface area contributed by atoms with Crippen molar-refractivity contribution in [3.8, 4) is 0 Å². The highest BCUT2D eigenvalue weighted by Gasteiger charge is 2.31. The van der Waals surface area contributed by atoms with E-state index < -0.39 is 12.1 Å². The second kappa shape index (κ2) is 7.68. The van der Waals surface area contributed by atoms with E-state index in [4.69, 9.17) is 4.74 Å². The third-order valence-electron chi connectivity index (χ3n) is 4.75. The van der Waals surface area contributed by atoms with Gasteiger partial charge in [-0.25, -0.2) is 4.79 Å². The number of imide groups is 1. The fraction of sp³-hybridized carbons (Fsp3) is 0.474. The summed E-state index contributed by atoms with van der Waals surface area (Å²) in [6.07, 6.45) is 3.53. The van der Waals surface area contributed by atoms with Crippen LogP contribution in [0.4, 0.5) is 5.69 Å². The summed E-state index contributed by atoms with van der Waals surface area (Å²) in [5.74, 6) is -1.55. The van der Waals surface area contributed by atoms with Crippen molar-refractivity contribution in [1.82, 2.24) is 5.32 Å². The number of hydrogen-bond donors (Lipinski definition) is 1. The van der Waals surface area contributed by atoms with Gasteiger partial charge in [0.05, 0.1) is 11.3 Å². The van der Waals surface area contributed by atoms with E-state index in [0.717, 1.165) is 30.6 Å². The summed E-state index contributed by atoms with van der Waals surface area (Å²) in [4.78, 5) is 49.2. The van der Waals surface area contributed by atoms with Crippen LogP contribution in [0, 0.1) is 0 Å². The number of carbonyl (C=O) groups is 4. The van der Waals surface area contributed by atoms with Crippen LogP contribution < -0.4 is 10.2 Å². The molecule has 1 atom stereocenters. The van der Waals surface area contributed by atoms with Gasteiger partial charge in [-0.1, -0.05) is 18.9 Å². The molecule has 0 bridgehead atoms. The third kappa shape index (κ3) is 3.92. The van der Waals surface area contributed by atoms with Crippen LogP contribution in [0.1, 0.15) is 55.8 Å². The Morgan fingerprint density at radius 3 is 2.46 bits per heavy atom.